The molecular weight excluding hydrogens is 286 g/mol. The van der Waals surface area contributed by atoms with E-state index < -0.39 is 8.32 Å². The zero-order valence-corrected chi connectivity index (χ0v) is 16.0. The Hall–Kier alpha value is -1.21. The Morgan fingerprint density at radius 3 is 2.09 bits per heavy atom. The molecule has 0 saturated heterocycles. The molecule has 0 saturated carbocycles. The summed E-state index contributed by atoms with van der Waals surface area (Å²) >= 11 is 0. The normalized spacial score (nSPS) is 12.7. The van der Waals surface area contributed by atoms with Crippen molar-refractivity contribution in [1.29, 1.82) is 5.26 Å². The van der Waals surface area contributed by atoms with Gasteiger partial charge in [0.2, 0.25) is 0 Å². The quantitative estimate of drug-likeness (QED) is 0.347. The Labute approximate surface area is 138 Å². The van der Waals surface area contributed by atoms with Crippen LogP contribution in [-0.2, 0) is 4.43 Å². The zero-order valence-electron chi connectivity index (χ0n) is 15.0. The number of hydrogen-bond donors (Lipinski definition) is 0. The SMILES string of the molecule is C#CCCCCC#CCCCC(C#N)O[Si](C)(C)C(C)(C)C. The van der Waals surface area contributed by atoms with Crippen molar-refractivity contribution in [1.82, 2.24) is 0 Å². The Balaban J connectivity index is 4.01. The Bertz CT molecular complexity index is 451. The topological polar surface area (TPSA) is 33.0 Å². The molecule has 0 radical (unpaired) electrons. The van der Waals surface area contributed by atoms with Gasteiger partial charge in [-0.2, -0.15) is 5.26 Å². The highest BCUT2D eigenvalue weighted by atomic mass is 28.4. The number of hydrogen-bond acceptors (Lipinski definition) is 2. The van der Waals surface area contributed by atoms with E-state index in [2.05, 4.69) is 57.7 Å². The van der Waals surface area contributed by atoms with E-state index in [-0.39, 0.29) is 11.1 Å². The summed E-state index contributed by atoms with van der Waals surface area (Å²) in [5.74, 6) is 8.99. The van der Waals surface area contributed by atoms with E-state index in [1.165, 1.54) is 0 Å². The van der Waals surface area contributed by atoms with Crippen molar-refractivity contribution in [2.75, 3.05) is 0 Å². The molecule has 1 unspecified atom stereocenters. The number of rotatable bonds is 8. The second-order valence-electron chi connectivity index (χ2n) is 7.15. The van der Waals surface area contributed by atoms with Crippen LogP contribution in [0.25, 0.3) is 0 Å². The summed E-state index contributed by atoms with van der Waals surface area (Å²) in [7, 11) is -1.86. The maximum absolute atomic E-state index is 9.27. The first-order valence-electron chi connectivity index (χ1n) is 8.21. The van der Waals surface area contributed by atoms with Gasteiger partial charge in [-0.25, -0.2) is 0 Å². The first-order valence-corrected chi connectivity index (χ1v) is 11.1. The van der Waals surface area contributed by atoms with Crippen LogP contribution in [0.5, 0.6) is 0 Å². The number of nitriles is 1. The van der Waals surface area contributed by atoms with Gasteiger partial charge in [-0.3, -0.25) is 0 Å². The maximum Gasteiger partial charge on any atom is 0.193 e. The van der Waals surface area contributed by atoms with Gasteiger partial charge in [0, 0.05) is 19.3 Å². The minimum atomic E-state index is -1.86. The first-order chi connectivity index (χ1) is 10.2. The van der Waals surface area contributed by atoms with Gasteiger partial charge in [0.1, 0.15) is 6.10 Å². The molecule has 22 heavy (non-hydrogen) atoms. The van der Waals surface area contributed by atoms with E-state index in [1.54, 1.807) is 0 Å². The average Bonchev–Trinajstić information content (AvgIpc) is 2.42. The Morgan fingerprint density at radius 1 is 1.05 bits per heavy atom. The molecule has 0 spiro atoms. The van der Waals surface area contributed by atoms with Gasteiger partial charge in [-0.05, 0) is 43.8 Å². The molecule has 0 heterocycles. The molecule has 0 bridgehead atoms. The molecule has 0 rings (SSSR count). The van der Waals surface area contributed by atoms with E-state index in [0.717, 1.165) is 44.9 Å². The van der Waals surface area contributed by atoms with Crippen LogP contribution < -0.4 is 0 Å². The molecule has 2 nitrogen and oxygen atoms in total. The Kier molecular flexibility index (Phi) is 9.92. The predicted octanol–water partition coefficient (Wildman–Crippen LogP) is 5.27. The van der Waals surface area contributed by atoms with Crippen LogP contribution in [0.3, 0.4) is 0 Å². The second kappa shape index (κ2) is 10.5. The molecule has 3 heteroatoms. The summed E-state index contributed by atoms with van der Waals surface area (Å²) in [6.45, 7) is 11.0. The van der Waals surface area contributed by atoms with E-state index in [1.807, 2.05) is 0 Å². The minimum absolute atomic E-state index is 0.139. The van der Waals surface area contributed by atoms with Crippen LogP contribution in [0.2, 0.25) is 18.1 Å². The van der Waals surface area contributed by atoms with Crippen LogP contribution in [0.1, 0.15) is 65.7 Å². The molecule has 0 aliphatic carbocycles. The third kappa shape index (κ3) is 8.94. The largest absolute Gasteiger partial charge is 0.401 e. The average molecular weight is 318 g/mol. The van der Waals surface area contributed by atoms with Gasteiger partial charge in [-0.15, -0.1) is 24.2 Å². The molecule has 1 atom stereocenters. The van der Waals surface area contributed by atoms with Gasteiger partial charge < -0.3 is 4.43 Å². The van der Waals surface area contributed by atoms with Crippen LogP contribution in [0.15, 0.2) is 0 Å². The highest BCUT2D eigenvalue weighted by molar-refractivity contribution is 6.74. The summed E-state index contributed by atoms with van der Waals surface area (Å²) in [6.07, 6.45) is 11.3. The highest BCUT2D eigenvalue weighted by Gasteiger charge is 2.39. The number of nitrogens with zero attached hydrogens (tertiary/aromatic N) is 1. The van der Waals surface area contributed by atoms with Crippen molar-refractivity contribution in [2.45, 2.75) is 90.0 Å². The summed E-state index contributed by atoms with van der Waals surface area (Å²) in [5.41, 5.74) is 0. The smallest absolute Gasteiger partial charge is 0.193 e. The molecule has 0 amide bonds. The van der Waals surface area contributed by atoms with E-state index in [4.69, 9.17) is 10.8 Å². The Morgan fingerprint density at radius 2 is 1.59 bits per heavy atom. The third-order valence-corrected chi connectivity index (χ3v) is 8.64. The molecule has 0 aliphatic rings. The van der Waals surface area contributed by atoms with Crippen molar-refractivity contribution < 1.29 is 4.43 Å². The van der Waals surface area contributed by atoms with Crippen molar-refractivity contribution in [2.24, 2.45) is 0 Å². The van der Waals surface area contributed by atoms with Crippen molar-refractivity contribution in [3.63, 3.8) is 0 Å². The van der Waals surface area contributed by atoms with Crippen LogP contribution in [0, 0.1) is 35.5 Å². The molecule has 0 aromatic rings. The molecule has 122 valence electrons. The third-order valence-electron chi connectivity index (χ3n) is 4.15. The van der Waals surface area contributed by atoms with Crippen LogP contribution >= 0.6 is 0 Å². The van der Waals surface area contributed by atoms with Crippen molar-refractivity contribution in [3.05, 3.63) is 0 Å². The monoisotopic (exact) mass is 317 g/mol. The lowest BCUT2D eigenvalue weighted by atomic mass is 10.1. The van der Waals surface area contributed by atoms with E-state index in [0.29, 0.717) is 0 Å². The fourth-order valence-corrected chi connectivity index (χ4v) is 2.91. The van der Waals surface area contributed by atoms with Crippen molar-refractivity contribution >= 4 is 8.32 Å². The lowest BCUT2D eigenvalue weighted by molar-refractivity contribution is 0.219. The van der Waals surface area contributed by atoms with Gasteiger partial charge in [0.05, 0.1) is 6.07 Å². The predicted molar refractivity (Wildman–Crippen MR) is 96.6 cm³/mol. The van der Waals surface area contributed by atoms with Crippen LogP contribution in [0.4, 0.5) is 0 Å². The fraction of sp³-hybridized carbons (Fsp3) is 0.737. The highest BCUT2D eigenvalue weighted by Crippen LogP contribution is 2.37. The number of terminal acetylenes is 1. The summed E-state index contributed by atoms with van der Waals surface area (Å²) in [5, 5.41) is 9.41. The first kappa shape index (κ1) is 20.8. The van der Waals surface area contributed by atoms with Crippen LogP contribution in [-0.4, -0.2) is 14.4 Å². The van der Waals surface area contributed by atoms with E-state index in [9.17, 15) is 5.26 Å². The zero-order chi connectivity index (χ0) is 17.1. The molecule has 0 aromatic heterocycles. The van der Waals surface area contributed by atoms with Crippen molar-refractivity contribution in [3.8, 4) is 30.3 Å². The molecule has 0 N–H and O–H groups in total. The summed E-state index contributed by atoms with van der Waals surface area (Å²) in [6, 6.07) is 2.30. The molecular formula is C19H31NOSi. The second-order valence-corrected chi connectivity index (χ2v) is 11.9. The standard InChI is InChI=1S/C19H31NOSi/c1-7-8-9-10-11-12-13-14-15-16-18(17-20)21-22(5,6)19(2,3)4/h1,18H,8-11,14-16H2,2-6H3. The van der Waals surface area contributed by atoms with Gasteiger partial charge >= 0.3 is 0 Å². The minimum Gasteiger partial charge on any atom is -0.401 e. The van der Waals surface area contributed by atoms with Gasteiger partial charge in [0.15, 0.2) is 8.32 Å². The van der Waals surface area contributed by atoms with Gasteiger partial charge in [0.25, 0.3) is 0 Å². The maximum atomic E-state index is 9.27. The van der Waals surface area contributed by atoms with Gasteiger partial charge in [-0.1, -0.05) is 20.8 Å². The summed E-state index contributed by atoms with van der Waals surface area (Å²) < 4.78 is 6.13. The molecule has 0 aromatic carbocycles. The number of unbranched alkanes of at least 4 members (excludes halogenated alkanes) is 4. The van der Waals surface area contributed by atoms with E-state index >= 15 is 0 Å². The molecule has 0 fully saturated rings. The summed E-state index contributed by atoms with van der Waals surface area (Å²) in [4.78, 5) is 0. The molecule has 0 aliphatic heterocycles. The fourth-order valence-electron chi connectivity index (χ4n) is 1.68. The lowest BCUT2D eigenvalue weighted by Crippen LogP contribution is -2.43. The lowest BCUT2D eigenvalue weighted by Gasteiger charge is -2.37.